The smallest absolute Gasteiger partial charge is 0.387 e. The van der Waals surface area contributed by atoms with Crippen molar-refractivity contribution in [2.24, 2.45) is 5.14 Å². The molecule has 3 aromatic carbocycles. The number of benzene rings is 3. The van der Waals surface area contributed by atoms with Gasteiger partial charge in [-0.3, -0.25) is 0 Å². The molecule has 38 heavy (non-hydrogen) atoms. The number of halogens is 3. The predicted molar refractivity (Wildman–Crippen MR) is 132 cm³/mol. The summed E-state index contributed by atoms with van der Waals surface area (Å²) in [4.78, 5) is 0. The normalized spacial score (nSPS) is 14.5. The second-order valence-electron chi connectivity index (χ2n) is 8.41. The Hall–Kier alpha value is -3.32. The topological polar surface area (TPSA) is 106 Å². The molecule has 8 nitrogen and oxygen atoms in total. The van der Waals surface area contributed by atoms with Crippen molar-refractivity contribution < 1.29 is 45.3 Å². The number of methoxy groups -OCH3 is 1. The summed E-state index contributed by atoms with van der Waals surface area (Å²) in [5.41, 5.74) is 1.85. The summed E-state index contributed by atoms with van der Waals surface area (Å²) in [7, 11) is -2.31. The van der Waals surface area contributed by atoms with Crippen molar-refractivity contribution in [3.63, 3.8) is 0 Å². The Morgan fingerprint density at radius 3 is 2.55 bits per heavy atom. The predicted octanol–water partition coefficient (Wildman–Crippen LogP) is 4.41. The average Bonchev–Trinajstić information content (AvgIpc) is 2.84. The Morgan fingerprint density at radius 2 is 1.82 bits per heavy atom. The molecule has 12 heteroatoms. The minimum Gasteiger partial charge on any atom is -0.491 e. The van der Waals surface area contributed by atoms with E-state index in [4.69, 9.17) is 28.8 Å². The maximum absolute atomic E-state index is 14.7. The molecule has 0 fully saturated rings. The van der Waals surface area contributed by atoms with E-state index >= 15 is 0 Å². The molecule has 0 aromatic heterocycles. The van der Waals surface area contributed by atoms with Crippen LogP contribution in [-0.4, -0.2) is 48.6 Å². The molecule has 1 aliphatic rings. The van der Waals surface area contributed by atoms with E-state index in [1.54, 1.807) is 31.4 Å². The van der Waals surface area contributed by atoms with Gasteiger partial charge in [-0.1, -0.05) is 24.3 Å². The van der Waals surface area contributed by atoms with E-state index in [1.165, 1.54) is 30.3 Å². The van der Waals surface area contributed by atoms with Crippen LogP contribution in [0.2, 0.25) is 0 Å². The summed E-state index contributed by atoms with van der Waals surface area (Å²) in [5.74, 6) is -0.715. The number of alkyl halides is 2. The van der Waals surface area contributed by atoms with Crippen LogP contribution in [0.1, 0.15) is 22.8 Å². The second-order valence-corrected chi connectivity index (χ2v) is 10.0. The fourth-order valence-corrected chi connectivity index (χ4v) is 4.81. The first kappa shape index (κ1) is 27.7. The summed E-state index contributed by atoms with van der Waals surface area (Å²) in [5, 5.41) is 5.22. The van der Waals surface area contributed by atoms with Crippen molar-refractivity contribution >= 4 is 10.0 Å². The quantitative estimate of drug-likeness (QED) is 0.331. The lowest BCUT2D eigenvalue weighted by atomic mass is 9.88. The zero-order valence-electron chi connectivity index (χ0n) is 20.4. The Labute approximate surface area is 218 Å². The largest absolute Gasteiger partial charge is 0.491 e. The Kier molecular flexibility index (Phi) is 8.77. The monoisotopic (exact) mass is 553 g/mol. The number of fused-ring (bicyclic) bond motifs is 3. The molecule has 2 N–H and O–H groups in total. The van der Waals surface area contributed by atoms with E-state index in [1.807, 2.05) is 0 Å². The van der Waals surface area contributed by atoms with Gasteiger partial charge in [0, 0.05) is 24.3 Å². The van der Waals surface area contributed by atoms with Gasteiger partial charge in [0.1, 0.15) is 35.8 Å². The van der Waals surface area contributed by atoms with Crippen LogP contribution in [0.5, 0.6) is 17.2 Å². The Balaban J connectivity index is 1.72. The number of rotatable bonds is 12. The van der Waals surface area contributed by atoms with Crippen LogP contribution in [0, 0.1) is 5.82 Å². The molecule has 1 unspecified atom stereocenters. The van der Waals surface area contributed by atoms with Gasteiger partial charge in [-0.2, -0.15) is 8.78 Å². The molecular formula is C26H26F3NO7S. The van der Waals surface area contributed by atoms with Gasteiger partial charge in [-0.15, -0.1) is 0 Å². The minimum absolute atomic E-state index is 0.117. The molecule has 4 rings (SSSR count). The second kappa shape index (κ2) is 12.0. The Morgan fingerprint density at radius 1 is 1.03 bits per heavy atom. The molecule has 0 aliphatic carbocycles. The van der Waals surface area contributed by atoms with E-state index in [0.717, 1.165) is 0 Å². The number of hydrogen-bond donors (Lipinski definition) is 1. The molecule has 1 aliphatic heterocycles. The molecule has 3 aromatic rings. The van der Waals surface area contributed by atoms with Crippen LogP contribution in [0.4, 0.5) is 13.2 Å². The molecule has 1 atom stereocenters. The lowest BCUT2D eigenvalue weighted by Crippen LogP contribution is -2.19. The summed E-state index contributed by atoms with van der Waals surface area (Å²) in [6.45, 7) is -1.84. The van der Waals surface area contributed by atoms with Crippen molar-refractivity contribution in [1.29, 1.82) is 0 Å². The van der Waals surface area contributed by atoms with Gasteiger partial charge in [0.05, 0.1) is 31.1 Å². The van der Waals surface area contributed by atoms with E-state index < -0.39 is 34.3 Å². The van der Waals surface area contributed by atoms with E-state index in [9.17, 15) is 21.6 Å². The van der Waals surface area contributed by atoms with E-state index in [-0.39, 0.29) is 36.0 Å². The average molecular weight is 554 g/mol. The number of nitrogens with two attached hydrogens (primary N) is 1. The highest BCUT2D eigenvalue weighted by Gasteiger charge is 2.31. The first-order chi connectivity index (χ1) is 18.1. The van der Waals surface area contributed by atoms with Crippen LogP contribution in [0.15, 0.2) is 54.6 Å². The van der Waals surface area contributed by atoms with E-state index in [2.05, 4.69) is 0 Å². The maximum Gasteiger partial charge on any atom is 0.387 e. The number of primary sulfonamides is 1. The van der Waals surface area contributed by atoms with Gasteiger partial charge in [0.25, 0.3) is 0 Å². The lowest BCUT2D eigenvalue weighted by molar-refractivity contribution is -0.0496. The zero-order chi connectivity index (χ0) is 27.3. The fourth-order valence-electron chi connectivity index (χ4n) is 4.17. The summed E-state index contributed by atoms with van der Waals surface area (Å²) in [6, 6.07) is 13.2. The SMILES string of the molecule is COCCOCCOc1cc(F)cc(C2Oc3cccc(OC(F)F)c3-c3ccc(CS(N)(=O)=O)cc32)c1. The first-order valence-electron chi connectivity index (χ1n) is 11.5. The standard InChI is InChI=1S/C26H26F3NO7S/c1-33-7-8-34-9-10-35-19-13-17(12-18(27)14-19)25-21-11-16(15-38(30,31)32)5-6-20(21)24-22(36-25)3-2-4-23(24)37-26(28)29/h2-6,11-14,25-26H,7-10,15H2,1H3,(H2,30,31,32). The van der Waals surface area contributed by atoms with Crippen LogP contribution < -0.4 is 19.3 Å². The molecule has 0 amide bonds. The van der Waals surface area contributed by atoms with Crippen LogP contribution >= 0.6 is 0 Å². The summed E-state index contributed by atoms with van der Waals surface area (Å²) in [6.07, 6.45) is -0.921. The number of ether oxygens (including phenoxy) is 5. The number of sulfonamides is 1. The van der Waals surface area contributed by atoms with Crippen molar-refractivity contribution in [2.75, 3.05) is 33.5 Å². The molecular weight excluding hydrogens is 527 g/mol. The molecule has 0 saturated carbocycles. The van der Waals surface area contributed by atoms with Gasteiger partial charge < -0.3 is 23.7 Å². The van der Waals surface area contributed by atoms with Gasteiger partial charge in [-0.25, -0.2) is 17.9 Å². The van der Waals surface area contributed by atoms with Gasteiger partial charge in [0.2, 0.25) is 10.0 Å². The Bertz CT molecular complexity index is 1390. The summed E-state index contributed by atoms with van der Waals surface area (Å²) >= 11 is 0. The third-order valence-corrected chi connectivity index (χ3v) is 6.34. The van der Waals surface area contributed by atoms with Crippen molar-refractivity contribution in [1.82, 2.24) is 0 Å². The maximum atomic E-state index is 14.7. The highest BCUT2D eigenvalue weighted by Crippen LogP contribution is 2.49. The van der Waals surface area contributed by atoms with Crippen LogP contribution in [0.3, 0.4) is 0 Å². The molecule has 204 valence electrons. The van der Waals surface area contributed by atoms with Gasteiger partial charge in [0.15, 0.2) is 0 Å². The first-order valence-corrected chi connectivity index (χ1v) is 13.2. The third kappa shape index (κ3) is 6.95. The summed E-state index contributed by atoms with van der Waals surface area (Å²) < 4.78 is 91.1. The molecule has 0 bridgehead atoms. The molecule has 0 radical (unpaired) electrons. The van der Waals surface area contributed by atoms with Crippen molar-refractivity contribution in [3.8, 4) is 28.4 Å². The van der Waals surface area contributed by atoms with Gasteiger partial charge in [-0.05, 0) is 35.4 Å². The van der Waals surface area contributed by atoms with Crippen LogP contribution in [-0.2, 0) is 25.2 Å². The lowest BCUT2D eigenvalue weighted by Gasteiger charge is -2.31. The molecule has 0 saturated heterocycles. The van der Waals surface area contributed by atoms with Gasteiger partial charge >= 0.3 is 6.61 Å². The highest BCUT2D eigenvalue weighted by molar-refractivity contribution is 7.88. The zero-order valence-corrected chi connectivity index (χ0v) is 21.2. The van der Waals surface area contributed by atoms with E-state index in [0.29, 0.717) is 35.5 Å². The fraction of sp³-hybridized carbons (Fsp3) is 0.308. The molecule has 1 heterocycles. The third-order valence-electron chi connectivity index (χ3n) is 5.61. The number of hydrogen-bond acceptors (Lipinski definition) is 7. The van der Waals surface area contributed by atoms with Crippen LogP contribution in [0.25, 0.3) is 11.1 Å². The molecule has 0 spiro atoms. The van der Waals surface area contributed by atoms with Crippen molar-refractivity contribution in [3.05, 3.63) is 77.1 Å². The highest BCUT2D eigenvalue weighted by atomic mass is 32.2. The van der Waals surface area contributed by atoms with Crippen molar-refractivity contribution in [2.45, 2.75) is 18.5 Å². The minimum atomic E-state index is -3.87.